The van der Waals surface area contributed by atoms with E-state index in [2.05, 4.69) is 9.72 Å². The Morgan fingerprint density at radius 2 is 2.24 bits per heavy atom. The molecule has 0 amide bonds. The van der Waals surface area contributed by atoms with E-state index in [-0.39, 0.29) is 12.4 Å². The second-order valence-corrected chi connectivity index (χ2v) is 4.34. The molecule has 1 rings (SSSR count). The highest BCUT2D eigenvalue weighted by atomic mass is 32.1. The fourth-order valence-electron chi connectivity index (χ4n) is 0.877. The lowest BCUT2D eigenvalue weighted by molar-refractivity contribution is -0.168. The number of carbonyl (C=O) groups excluding carboxylic acids is 1. The van der Waals surface area contributed by atoms with Gasteiger partial charge in [-0.3, -0.25) is 4.79 Å². The van der Waals surface area contributed by atoms with Gasteiger partial charge in [0, 0.05) is 13.1 Å². The Kier molecular flexibility index (Phi) is 4.58. The fourth-order valence-corrected chi connectivity index (χ4v) is 1.63. The third-order valence-corrected chi connectivity index (χ3v) is 2.81. The highest BCUT2D eigenvalue weighted by Gasteiger charge is 2.40. The molecule has 0 atom stereocenters. The Hall–Kier alpha value is -1.02. The molecule has 0 radical (unpaired) electrons. The van der Waals surface area contributed by atoms with Gasteiger partial charge in [0.15, 0.2) is 5.78 Å². The first-order valence-electron chi connectivity index (χ1n) is 4.52. The molecular weight excluding hydrogens is 262 g/mol. The van der Waals surface area contributed by atoms with Crippen LogP contribution in [0.3, 0.4) is 0 Å². The number of carbonyl (C=O) groups is 1. The van der Waals surface area contributed by atoms with E-state index in [1.807, 2.05) is 0 Å². The molecule has 0 bridgehead atoms. The number of ether oxygens (including phenoxy) is 1. The first-order chi connectivity index (χ1) is 7.83. The van der Waals surface area contributed by atoms with Gasteiger partial charge in [-0.15, -0.1) is 11.3 Å². The van der Waals surface area contributed by atoms with Gasteiger partial charge < -0.3 is 4.74 Å². The maximum Gasteiger partial charge on any atom is 0.330 e. The van der Waals surface area contributed by atoms with E-state index in [4.69, 9.17) is 0 Å². The number of halogens is 4. The number of Topliss-reactive ketones (excluding diaryl/α,β-unsaturated/α-hetero) is 1. The SMILES string of the molecule is CC(=O)c1cnc(COCC(F)(F)C(F)F)s1. The lowest BCUT2D eigenvalue weighted by Crippen LogP contribution is -2.32. The van der Waals surface area contributed by atoms with Crippen LogP contribution in [-0.2, 0) is 11.3 Å². The van der Waals surface area contributed by atoms with Crippen LogP contribution < -0.4 is 0 Å². The van der Waals surface area contributed by atoms with Crippen LogP contribution in [0.15, 0.2) is 6.20 Å². The minimum absolute atomic E-state index is 0.202. The van der Waals surface area contributed by atoms with Gasteiger partial charge in [0.2, 0.25) is 0 Å². The topological polar surface area (TPSA) is 39.2 Å². The Labute approximate surface area is 98.4 Å². The van der Waals surface area contributed by atoms with Crippen LogP contribution in [0, 0.1) is 0 Å². The summed E-state index contributed by atoms with van der Waals surface area (Å²) in [6, 6.07) is 0. The number of thiazole rings is 1. The number of hydrogen-bond acceptors (Lipinski definition) is 4. The normalized spacial score (nSPS) is 12.1. The van der Waals surface area contributed by atoms with Gasteiger partial charge >= 0.3 is 12.3 Å². The van der Waals surface area contributed by atoms with Gasteiger partial charge in [-0.1, -0.05) is 0 Å². The molecule has 0 aromatic carbocycles. The zero-order valence-corrected chi connectivity index (χ0v) is 9.57. The van der Waals surface area contributed by atoms with Crippen LogP contribution in [0.4, 0.5) is 17.6 Å². The van der Waals surface area contributed by atoms with Crippen molar-refractivity contribution in [1.82, 2.24) is 4.98 Å². The number of alkyl halides is 4. The monoisotopic (exact) mass is 271 g/mol. The Morgan fingerprint density at radius 3 is 2.71 bits per heavy atom. The van der Waals surface area contributed by atoms with Crippen molar-refractivity contribution in [3.8, 4) is 0 Å². The molecule has 1 aromatic rings. The Bertz CT molecular complexity index is 394. The predicted molar refractivity (Wildman–Crippen MR) is 52.7 cm³/mol. The number of aromatic nitrogens is 1. The molecule has 96 valence electrons. The average Bonchev–Trinajstić information content (AvgIpc) is 2.66. The van der Waals surface area contributed by atoms with Crippen molar-refractivity contribution in [2.75, 3.05) is 6.61 Å². The summed E-state index contributed by atoms with van der Waals surface area (Å²) in [5, 5.41) is 0.292. The largest absolute Gasteiger partial charge is 0.368 e. The molecule has 0 aliphatic carbocycles. The van der Waals surface area contributed by atoms with Crippen LogP contribution in [0.2, 0.25) is 0 Å². The summed E-state index contributed by atoms with van der Waals surface area (Å²) in [6.07, 6.45) is -2.47. The third-order valence-electron chi connectivity index (χ3n) is 1.74. The van der Waals surface area contributed by atoms with Crippen molar-refractivity contribution in [2.45, 2.75) is 25.9 Å². The number of ketones is 1. The second kappa shape index (κ2) is 5.54. The zero-order chi connectivity index (χ0) is 13.1. The first-order valence-corrected chi connectivity index (χ1v) is 5.34. The van der Waals surface area contributed by atoms with Crippen molar-refractivity contribution in [2.24, 2.45) is 0 Å². The van der Waals surface area contributed by atoms with E-state index in [0.717, 1.165) is 11.3 Å². The maximum absolute atomic E-state index is 12.4. The van der Waals surface area contributed by atoms with Crippen molar-refractivity contribution < 1.29 is 27.1 Å². The number of nitrogens with zero attached hydrogens (tertiary/aromatic N) is 1. The van der Waals surface area contributed by atoms with Crippen LogP contribution in [-0.4, -0.2) is 29.7 Å². The predicted octanol–water partition coefficient (Wildman–Crippen LogP) is 2.76. The van der Waals surface area contributed by atoms with Gasteiger partial charge in [0.25, 0.3) is 0 Å². The molecule has 1 aromatic heterocycles. The van der Waals surface area contributed by atoms with Crippen molar-refractivity contribution in [3.63, 3.8) is 0 Å². The van der Waals surface area contributed by atoms with Crippen molar-refractivity contribution in [1.29, 1.82) is 0 Å². The van der Waals surface area contributed by atoms with E-state index < -0.39 is 19.0 Å². The molecule has 0 unspecified atom stereocenters. The van der Waals surface area contributed by atoms with Crippen molar-refractivity contribution >= 4 is 17.1 Å². The highest BCUT2D eigenvalue weighted by molar-refractivity contribution is 7.13. The molecule has 3 nitrogen and oxygen atoms in total. The van der Waals surface area contributed by atoms with E-state index in [9.17, 15) is 22.4 Å². The smallest absolute Gasteiger partial charge is 0.330 e. The zero-order valence-electron chi connectivity index (χ0n) is 8.75. The lowest BCUT2D eigenvalue weighted by atomic mass is 10.4. The van der Waals surface area contributed by atoms with Crippen LogP contribution >= 0.6 is 11.3 Å². The summed E-state index contributed by atoms with van der Waals surface area (Å²) in [5.74, 6) is -4.37. The summed E-state index contributed by atoms with van der Waals surface area (Å²) in [5.41, 5.74) is 0. The Morgan fingerprint density at radius 1 is 1.59 bits per heavy atom. The first kappa shape index (κ1) is 14.0. The third kappa shape index (κ3) is 4.04. The van der Waals surface area contributed by atoms with Gasteiger partial charge in [0.05, 0.1) is 11.5 Å². The lowest BCUT2D eigenvalue weighted by Gasteiger charge is -2.14. The second-order valence-electron chi connectivity index (χ2n) is 3.23. The molecule has 17 heavy (non-hydrogen) atoms. The molecule has 0 aliphatic rings. The maximum atomic E-state index is 12.4. The number of rotatable bonds is 6. The van der Waals surface area contributed by atoms with E-state index >= 15 is 0 Å². The van der Waals surface area contributed by atoms with Gasteiger partial charge in [0.1, 0.15) is 11.6 Å². The molecule has 0 spiro atoms. The molecule has 1 heterocycles. The van der Waals surface area contributed by atoms with Crippen LogP contribution in [0.5, 0.6) is 0 Å². The molecule has 0 aliphatic heterocycles. The summed E-state index contributed by atoms with van der Waals surface area (Å²) in [7, 11) is 0. The summed E-state index contributed by atoms with van der Waals surface area (Å²) in [6.45, 7) is -0.358. The summed E-state index contributed by atoms with van der Waals surface area (Å²) >= 11 is 0.982. The van der Waals surface area contributed by atoms with Gasteiger partial charge in [-0.05, 0) is 0 Å². The van der Waals surface area contributed by atoms with Crippen LogP contribution in [0.1, 0.15) is 21.6 Å². The van der Waals surface area contributed by atoms with Crippen molar-refractivity contribution in [3.05, 3.63) is 16.1 Å². The van der Waals surface area contributed by atoms with E-state index in [1.165, 1.54) is 13.1 Å². The van der Waals surface area contributed by atoms with Gasteiger partial charge in [-0.25, -0.2) is 13.8 Å². The quantitative estimate of drug-likeness (QED) is 0.590. The number of hydrogen-bond donors (Lipinski definition) is 0. The molecule has 0 saturated carbocycles. The van der Waals surface area contributed by atoms with Crippen LogP contribution in [0.25, 0.3) is 0 Å². The molecule has 8 heteroatoms. The summed E-state index contributed by atoms with van der Waals surface area (Å²) < 4.78 is 52.8. The Balaban J connectivity index is 2.43. The molecular formula is C9H9F4NO2S. The summed E-state index contributed by atoms with van der Waals surface area (Å²) in [4.78, 5) is 15.0. The fraction of sp³-hybridized carbons (Fsp3) is 0.556. The highest BCUT2D eigenvalue weighted by Crippen LogP contribution is 2.23. The minimum atomic E-state index is -4.17. The molecule has 0 fully saturated rings. The van der Waals surface area contributed by atoms with E-state index in [0.29, 0.717) is 9.88 Å². The van der Waals surface area contributed by atoms with Gasteiger partial charge in [-0.2, -0.15) is 8.78 Å². The minimum Gasteiger partial charge on any atom is -0.368 e. The average molecular weight is 271 g/mol. The molecule has 0 saturated heterocycles. The van der Waals surface area contributed by atoms with E-state index in [1.54, 1.807) is 0 Å². The molecule has 0 N–H and O–H groups in total. The standard InChI is InChI=1S/C9H9F4NO2S/c1-5(15)6-2-14-7(17-6)3-16-4-9(12,13)8(10)11/h2,8H,3-4H2,1H3.